The van der Waals surface area contributed by atoms with Crippen molar-refractivity contribution in [3.63, 3.8) is 0 Å². The molecule has 1 aromatic carbocycles. The van der Waals surface area contributed by atoms with Gasteiger partial charge in [0, 0.05) is 29.5 Å². The van der Waals surface area contributed by atoms with Gasteiger partial charge < -0.3 is 4.90 Å². The second kappa shape index (κ2) is 6.10. The summed E-state index contributed by atoms with van der Waals surface area (Å²) in [6.45, 7) is 4.21. The molecule has 94 valence electrons. The van der Waals surface area contributed by atoms with Crippen LogP contribution in [0.2, 0.25) is 0 Å². The van der Waals surface area contributed by atoms with E-state index < -0.39 is 11.6 Å². The molecule has 0 bridgehead atoms. The molecule has 0 heterocycles. The standard InChI is InChI=1S/C12H14BrF2NO/c1-8(2)16(4-3-13)12(17)9-5-10(14)7-11(15)6-9/h5-8H,3-4H2,1-2H3. The number of hydrogen-bond acceptors (Lipinski definition) is 1. The van der Waals surface area contributed by atoms with Gasteiger partial charge in [0.1, 0.15) is 11.6 Å². The van der Waals surface area contributed by atoms with Crippen LogP contribution in [-0.4, -0.2) is 28.7 Å². The molecule has 0 saturated carbocycles. The van der Waals surface area contributed by atoms with Crippen LogP contribution >= 0.6 is 15.9 Å². The van der Waals surface area contributed by atoms with Crippen molar-refractivity contribution in [2.24, 2.45) is 0 Å². The Morgan fingerprint density at radius 1 is 1.29 bits per heavy atom. The van der Waals surface area contributed by atoms with E-state index in [1.54, 1.807) is 4.90 Å². The number of nitrogens with zero attached hydrogens (tertiary/aromatic N) is 1. The van der Waals surface area contributed by atoms with Gasteiger partial charge in [-0.25, -0.2) is 8.78 Å². The summed E-state index contributed by atoms with van der Waals surface area (Å²) in [4.78, 5) is 13.6. The zero-order valence-corrected chi connectivity index (χ0v) is 11.3. The second-order valence-electron chi connectivity index (χ2n) is 3.94. The Morgan fingerprint density at radius 2 is 1.82 bits per heavy atom. The van der Waals surface area contributed by atoms with E-state index in [1.165, 1.54) is 0 Å². The van der Waals surface area contributed by atoms with Gasteiger partial charge in [-0.3, -0.25) is 4.79 Å². The summed E-state index contributed by atoms with van der Waals surface area (Å²) >= 11 is 3.25. The highest BCUT2D eigenvalue weighted by Crippen LogP contribution is 2.13. The van der Waals surface area contributed by atoms with E-state index in [4.69, 9.17) is 0 Å². The fraction of sp³-hybridized carbons (Fsp3) is 0.417. The van der Waals surface area contributed by atoms with Gasteiger partial charge >= 0.3 is 0 Å². The first-order chi connectivity index (χ1) is 7.95. The molecule has 0 fully saturated rings. The summed E-state index contributed by atoms with van der Waals surface area (Å²) in [6.07, 6.45) is 0. The van der Waals surface area contributed by atoms with E-state index in [1.807, 2.05) is 13.8 Å². The first-order valence-electron chi connectivity index (χ1n) is 5.28. The smallest absolute Gasteiger partial charge is 0.254 e. The fourth-order valence-electron chi connectivity index (χ4n) is 1.53. The lowest BCUT2D eigenvalue weighted by molar-refractivity contribution is 0.0718. The summed E-state index contributed by atoms with van der Waals surface area (Å²) in [7, 11) is 0. The lowest BCUT2D eigenvalue weighted by atomic mass is 10.1. The van der Waals surface area contributed by atoms with Gasteiger partial charge in [0.05, 0.1) is 0 Å². The summed E-state index contributed by atoms with van der Waals surface area (Å²) in [5, 5.41) is 0.620. The van der Waals surface area contributed by atoms with Crippen molar-refractivity contribution in [3.05, 3.63) is 35.4 Å². The molecule has 0 aliphatic carbocycles. The topological polar surface area (TPSA) is 20.3 Å². The third-order valence-corrected chi connectivity index (χ3v) is 2.67. The van der Waals surface area contributed by atoms with Gasteiger partial charge in [-0.2, -0.15) is 0 Å². The van der Waals surface area contributed by atoms with E-state index in [9.17, 15) is 13.6 Å². The average molecular weight is 306 g/mol. The Balaban J connectivity index is 3.00. The summed E-state index contributed by atoms with van der Waals surface area (Å²) < 4.78 is 26.0. The minimum Gasteiger partial charge on any atom is -0.335 e. The van der Waals surface area contributed by atoms with Crippen LogP contribution in [0.1, 0.15) is 24.2 Å². The third kappa shape index (κ3) is 3.77. The molecular formula is C12H14BrF2NO. The number of alkyl halides is 1. The number of carbonyl (C=O) groups is 1. The SMILES string of the molecule is CC(C)N(CCBr)C(=O)c1cc(F)cc(F)c1. The van der Waals surface area contributed by atoms with Crippen LogP contribution in [0, 0.1) is 11.6 Å². The second-order valence-corrected chi connectivity index (χ2v) is 4.73. The molecule has 5 heteroatoms. The number of halogens is 3. The highest BCUT2D eigenvalue weighted by Gasteiger charge is 2.19. The molecule has 0 aliphatic heterocycles. The quantitative estimate of drug-likeness (QED) is 0.782. The first-order valence-corrected chi connectivity index (χ1v) is 6.41. The molecule has 0 N–H and O–H groups in total. The van der Waals surface area contributed by atoms with Crippen LogP contribution in [0.3, 0.4) is 0 Å². The Bertz CT molecular complexity index is 389. The Hall–Kier alpha value is -0.970. The molecule has 2 nitrogen and oxygen atoms in total. The maximum absolute atomic E-state index is 13.0. The Morgan fingerprint density at radius 3 is 2.24 bits per heavy atom. The van der Waals surface area contributed by atoms with Gasteiger partial charge in [-0.1, -0.05) is 15.9 Å². The molecule has 0 aromatic heterocycles. The van der Waals surface area contributed by atoms with Crippen molar-refractivity contribution in [1.82, 2.24) is 4.90 Å². The monoisotopic (exact) mass is 305 g/mol. The fourth-order valence-corrected chi connectivity index (χ4v) is 1.91. The zero-order valence-electron chi connectivity index (χ0n) is 9.71. The number of carbonyl (C=O) groups excluding carboxylic acids is 1. The van der Waals surface area contributed by atoms with E-state index in [0.29, 0.717) is 11.9 Å². The molecule has 0 spiro atoms. The number of amides is 1. The maximum Gasteiger partial charge on any atom is 0.254 e. The minimum atomic E-state index is -0.740. The molecule has 1 rings (SSSR count). The van der Waals surface area contributed by atoms with Crippen LogP contribution < -0.4 is 0 Å². The Labute approximate surface area is 108 Å². The molecule has 1 aromatic rings. The summed E-state index contributed by atoms with van der Waals surface area (Å²) in [5.41, 5.74) is 0.0390. The first kappa shape index (κ1) is 14.1. The van der Waals surface area contributed by atoms with Crippen LogP contribution in [0.4, 0.5) is 8.78 Å². The van der Waals surface area contributed by atoms with Crippen molar-refractivity contribution in [1.29, 1.82) is 0 Å². The molecule has 1 amide bonds. The lowest BCUT2D eigenvalue weighted by Crippen LogP contribution is -2.38. The van der Waals surface area contributed by atoms with Crippen molar-refractivity contribution >= 4 is 21.8 Å². The molecular weight excluding hydrogens is 292 g/mol. The number of benzene rings is 1. The van der Waals surface area contributed by atoms with Crippen LogP contribution in [0.15, 0.2) is 18.2 Å². The number of rotatable bonds is 4. The van der Waals surface area contributed by atoms with Crippen molar-refractivity contribution in [3.8, 4) is 0 Å². The predicted octanol–water partition coefficient (Wildman–Crippen LogP) is 3.21. The van der Waals surface area contributed by atoms with Crippen LogP contribution in [-0.2, 0) is 0 Å². The largest absolute Gasteiger partial charge is 0.335 e. The van der Waals surface area contributed by atoms with Gasteiger partial charge in [-0.05, 0) is 26.0 Å². The summed E-state index contributed by atoms with van der Waals surface area (Å²) in [6, 6.07) is 2.83. The van der Waals surface area contributed by atoms with Gasteiger partial charge in [0.2, 0.25) is 0 Å². The van der Waals surface area contributed by atoms with Crippen molar-refractivity contribution in [2.45, 2.75) is 19.9 Å². The third-order valence-electron chi connectivity index (χ3n) is 2.32. The normalized spacial score (nSPS) is 10.7. The van der Waals surface area contributed by atoms with Crippen molar-refractivity contribution in [2.75, 3.05) is 11.9 Å². The Kier molecular flexibility index (Phi) is 5.05. The lowest BCUT2D eigenvalue weighted by Gasteiger charge is -2.26. The molecule has 0 radical (unpaired) electrons. The molecule has 0 atom stereocenters. The van der Waals surface area contributed by atoms with Gasteiger partial charge in [0.15, 0.2) is 0 Å². The van der Waals surface area contributed by atoms with E-state index in [2.05, 4.69) is 15.9 Å². The van der Waals surface area contributed by atoms with Gasteiger partial charge in [0.25, 0.3) is 5.91 Å². The summed E-state index contributed by atoms with van der Waals surface area (Å²) in [5.74, 6) is -1.84. The van der Waals surface area contributed by atoms with E-state index >= 15 is 0 Å². The van der Waals surface area contributed by atoms with E-state index in [0.717, 1.165) is 18.2 Å². The number of hydrogen-bond donors (Lipinski definition) is 0. The van der Waals surface area contributed by atoms with Gasteiger partial charge in [-0.15, -0.1) is 0 Å². The van der Waals surface area contributed by atoms with E-state index in [-0.39, 0.29) is 17.5 Å². The zero-order chi connectivity index (χ0) is 13.0. The molecule has 0 unspecified atom stereocenters. The maximum atomic E-state index is 13.0. The van der Waals surface area contributed by atoms with Crippen molar-refractivity contribution < 1.29 is 13.6 Å². The minimum absolute atomic E-state index is 0.0219. The molecule has 17 heavy (non-hydrogen) atoms. The molecule has 0 saturated heterocycles. The molecule has 0 aliphatic rings. The highest BCUT2D eigenvalue weighted by molar-refractivity contribution is 9.09. The highest BCUT2D eigenvalue weighted by atomic mass is 79.9. The predicted molar refractivity (Wildman–Crippen MR) is 66.3 cm³/mol. The van der Waals surface area contributed by atoms with Crippen LogP contribution in [0.5, 0.6) is 0 Å². The average Bonchev–Trinajstić information content (AvgIpc) is 2.23. The van der Waals surface area contributed by atoms with Crippen LogP contribution in [0.25, 0.3) is 0 Å².